The van der Waals surface area contributed by atoms with Gasteiger partial charge >= 0.3 is 0 Å². The number of hydrogen-bond acceptors (Lipinski definition) is 4. The average molecular weight is 363 g/mol. The van der Waals surface area contributed by atoms with E-state index in [0.717, 1.165) is 35.6 Å². The molecule has 0 atom stereocenters. The van der Waals surface area contributed by atoms with Crippen LogP contribution in [0.25, 0.3) is 16.9 Å². The number of amides is 1. The first-order valence-corrected chi connectivity index (χ1v) is 9.72. The summed E-state index contributed by atoms with van der Waals surface area (Å²) in [6.07, 6.45) is 11.8. The van der Waals surface area contributed by atoms with E-state index in [-0.39, 0.29) is 5.91 Å². The Labute approximate surface area is 159 Å². The van der Waals surface area contributed by atoms with Gasteiger partial charge in [-0.25, -0.2) is 4.98 Å². The summed E-state index contributed by atoms with van der Waals surface area (Å²) in [5, 5.41) is 6.59. The van der Waals surface area contributed by atoms with Crippen molar-refractivity contribution in [2.24, 2.45) is 0 Å². The number of carbonyl (C=O) groups excluding carboxylic acids is 1. The highest BCUT2D eigenvalue weighted by Gasteiger charge is 2.17. The van der Waals surface area contributed by atoms with E-state index < -0.39 is 0 Å². The fourth-order valence-corrected chi connectivity index (χ4v) is 3.71. The normalized spacial score (nSPS) is 15.0. The number of nitrogens with zero attached hydrogens (tertiary/aromatic N) is 3. The van der Waals surface area contributed by atoms with Crippen LogP contribution in [0.15, 0.2) is 48.9 Å². The number of hydrogen-bond donors (Lipinski definition) is 2. The van der Waals surface area contributed by atoms with Crippen molar-refractivity contribution in [2.45, 2.75) is 44.6 Å². The lowest BCUT2D eigenvalue weighted by atomic mass is 9.95. The monoisotopic (exact) mass is 363 g/mol. The molecule has 6 nitrogen and oxygen atoms in total. The van der Waals surface area contributed by atoms with Gasteiger partial charge in [0.05, 0.1) is 6.20 Å². The van der Waals surface area contributed by atoms with Crippen molar-refractivity contribution in [1.29, 1.82) is 0 Å². The maximum absolute atomic E-state index is 12.3. The Morgan fingerprint density at radius 3 is 2.78 bits per heavy atom. The summed E-state index contributed by atoms with van der Waals surface area (Å²) in [4.78, 5) is 21.1. The first-order valence-electron chi connectivity index (χ1n) is 9.72. The minimum absolute atomic E-state index is 0.117. The lowest BCUT2D eigenvalue weighted by molar-refractivity contribution is -0.121. The number of rotatable bonds is 6. The third-order valence-electron chi connectivity index (χ3n) is 5.09. The van der Waals surface area contributed by atoms with Gasteiger partial charge in [0.15, 0.2) is 5.65 Å². The van der Waals surface area contributed by atoms with E-state index in [2.05, 4.69) is 15.6 Å². The van der Waals surface area contributed by atoms with Gasteiger partial charge in [-0.3, -0.25) is 14.2 Å². The van der Waals surface area contributed by atoms with Crippen LogP contribution >= 0.6 is 0 Å². The Balaban J connectivity index is 1.45. The Hall–Kier alpha value is -2.89. The highest BCUT2D eigenvalue weighted by molar-refractivity contribution is 5.78. The molecule has 1 amide bonds. The van der Waals surface area contributed by atoms with Gasteiger partial charge < -0.3 is 10.6 Å². The van der Waals surface area contributed by atoms with Crippen LogP contribution in [-0.4, -0.2) is 32.9 Å². The summed E-state index contributed by atoms with van der Waals surface area (Å²) in [5.41, 5.74) is 2.69. The molecule has 2 N–H and O–H groups in total. The van der Waals surface area contributed by atoms with Crippen LogP contribution < -0.4 is 10.6 Å². The maximum Gasteiger partial charge on any atom is 0.221 e. The van der Waals surface area contributed by atoms with Crippen molar-refractivity contribution in [3.8, 4) is 11.3 Å². The van der Waals surface area contributed by atoms with Gasteiger partial charge in [-0.05, 0) is 12.8 Å². The number of carbonyl (C=O) groups is 1. The van der Waals surface area contributed by atoms with Gasteiger partial charge in [0.1, 0.15) is 11.5 Å². The summed E-state index contributed by atoms with van der Waals surface area (Å²) >= 11 is 0. The SMILES string of the molecule is O=C(CCNc1c(-c2ccccc2)nc2cnccn12)NC1CCCCC1. The maximum atomic E-state index is 12.3. The first kappa shape index (κ1) is 17.5. The van der Waals surface area contributed by atoms with Gasteiger partial charge in [-0.2, -0.15) is 0 Å². The van der Waals surface area contributed by atoms with E-state index in [1.807, 2.05) is 40.9 Å². The molecule has 2 aromatic heterocycles. The number of fused-ring (bicyclic) bond motifs is 1. The molecule has 1 fully saturated rings. The third kappa shape index (κ3) is 4.10. The minimum atomic E-state index is 0.117. The molecular formula is C21H25N5O. The molecule has 1 aliphatic rings. The van der Waals surface area contributed by atoms with Crippen molar-refractivity contribution in [1.82, 2.24) is 19.7 Å². The smallest absolute Gasteiger partial charge is 0.221 e. The second-order valence-electron chi connectivity index (χ2n) is 7.06. The average Bonchev–Trinajstić information content (AvgIpc) is 3.08. The summed E-state index contributed by atoms with van der Waals surface area (Å²) in [6, 6.07) is 10.4. The predicted molar refractivity (Wildman–Crippen MR) is 107 cm³/mol. The summed E-state index contributed by atoms with van der Waals surface area (Å²) in [6.45, 7) is 0.564. The van der Waals surface area contributed by atoms with Gasteiger partial charge in [0.25, 0.3) is 0 Å². The molecule has 27 heavy (non-hydrogen) atoms. The Morgan fingerprint density at radius 1 is 1.15 bits per heavy atom. The zero-order valence-corrected chi connectivity index (χ0v) is 15.4. The van der Waals surface area contributed by atoms with Crippen molar-refractivity contribution in [2.75, 3.05) is 11.9 Å². The molecule has 0 unspecified atom stereocenters. The van der Waals surface area contributed by atoms with Crippen LogP contribution in [0.2, 0.25) is 0 Å². The molecule has 4 rings (SSSR count). The van der Waals surface area contributed by atoms with Crippen LogP contribution in [0.4, 0.5) is 5.82 Å². The highest BCUT2D eigenvalue weighted by Crippen LogP contribution is 2.28. The van der Waals surface area contributed by atoms with E-state index in [0.29, 0.717) is 19.0 Å². The molecule has 0 saturated heterocycles. The molecule has 0 radical (unpaired) electrons. The van der Waals surface area contributed by atoms with E-state index >= 15 is 0 Å². The number of nitrogens with one attached hydrogen (secondary N) is 2. The standard InChI is InChI=1S/C21H25N5O/c27-19(24-17-9-5-2-6-10-17)11-12-23-21-20(16-7-3-1-4-8-16)25-18-15-22-13-14-26(18)21/h1,3-4,7-8,13-15,17,23H,2,5-6,9-12H2,(H,24,27). The molecule has 3 aromatic rings. The molecule has 0 aliphatic heterocycles. The fourth-order valence-electron chi connectivity index (χ4n) is 3.71. The lowest BCUT2D eigenvalue weighted by Gasteiger charge is -2.22. The summed E-state index contributed by atoms with van der Waals surface area (Å²) < 4.78 is 1.98. The number of aromatic nitrogens is 3. The molecule has 140 valence electrons. The molecule has 1 aromatic carbocycles. The summed E-state index contributed by atoms with van der Waals surface area (Å²) in [7, 11) is 0. The molecular weight excluding hydrogens is 338 g/mol. The second kappa shape index (κ2) is 8.20. The molecule has 1 saturated carbocycles. The van der Waals surface area contributed by atoms with Gasteiger partial charge in [0.2, 0.25) is 5.91 Å². The van der Waals surface area contributed by atoms with Crippen molar-refractivity contribution in [3.63, 3.8) is 0 Å². The fraction of sp³-hybridized carbons (Fsp3) is 0.381. The summed E-state index contributed by atoms with van der Waals surface area (Å²) in [5.74, 6) is 1.01. The Kier molecular flexibility index (Phi) is 5.32. The number of anilines is 1. The molecule has 0 bridgehead atoms. The van der Waals surface area contributed by atoms with E-state index in [9.17, 15) is 4.79 Å². The van der Waals surface area contributed by atoms with Crippen LogP contribution in [0.5, 0.6) is 0 Å². The molecule has 0 spiro atoms. The minimum Gasteiger partial charge on any atom is -0.369 e. The van der Waals surface area contributed by atoms with Crippen LogP contribution in [-0.2, 0) is 4.79 Å². The number of imidazole rings is 1. The second-order valence-corrected chi connectivity index (χ2v) is 7.06. The van der Waals surface area contributed by atoms with Crippen LogP contribution in [0.3, 0.4) is 0 Å². The van der Waals surface area contributed by atoms with E-state index in [1.54, 1.807) is 12.4 Å². The highest BCUT2D eigenvalue weighted by atomic mass is 16.1. The third-order valence-corrected chi connectivity index (χ3v) is 5.09. The molecule has 6 heteroatoms. The van der Waals surface area contributed by atoms with Crippen molar-refractivity contribution < 1.29 is 4.79 Å². The lowest BCUT2D eigenvalue weighted by Crippen LogP contribution is -2.36. The van der Waals surface area contributed by atoms with Gasteiger partial charge in [0, 0.05) is 37.0 Å². The van der Waals surface area contributed by atoms with Crippen LogP contribution in [0.1, 0.15) is 38.5 Å². The Morgan fingerprint density at radius 2 is 1.96 bits per heavy atom. The number of benzene rings is 1. The van der Waals surface area contributed by atoms with E-state index in [1.165, 1.54) is 19.3 Å². The van der Waals surface area contributed by atoms with E-state index in [4.69, 9.17) is 4.98 Å². The molecule has 2 heterocycles. The zero-order valence-electron chi connectivity index (χ0n) is 15.4. The zero-order chi connectivity index (χ0) is 18.5. The largest absolute Gasteiger partial charge is 0.369 e. The topological polar surface area (TPSA) is 71.3 Å². The first-order chi connectivity index (χ1) is 13.3. The van der Waals surface area contributed by atoms with Gasteiger partial charge in [-0.15, -0.1) is 0 Å². The van der Waals surface area contributed by atoms with Crippen LogP contribution in [0, 0.1) is 0 Å². The molecule has 1 aliphatic carbocycles. The quantitative estimate of drug-likeness (QED) is 0.701. The van der Waals surface area contributed by atoms with Crippen molar-refractivity contribution >= 4 is 17.4 Å². The van der Waals surface area contributed by atoms with Crippen molar-refractivity contribution in [3.05, 3.63) is 48.9 Å². The van der Waals surface area contributed by atoms with Gasteiger partial charge in [-0.1, -0.05) is 49.6 Å². The Bertz CT molecular complexity index is 899. The predicted octanol–water partition coefficient (Wildman–Crippen LogP) is 3.65.